The maximum Gasteiger partial charge on any atom is 0.301 e. The Kier molecular flexibility index (Phi) is 4.30. The first-order valence-electron chi connectivity index (χ1n) is 6.17. The molecule has 0 radical (unpaired) electrons. The van der Waals surface area contributed by atoms with Gasteiger partial charge in [0.1, 0.15) is 6.26 Å². The molecule has 0 bridgehead atoms. The van der Waals surface area contributed by atoms with Crippen molar-refractivity contribution < 1.29 is 9.21 Å². The van der Waals surface area contributed by atoms with Crippen LogP contribution in [-0.2, 0) is 11.2 Å². The molecule has 1 amide bonds. The van der Waals surface area contributed by atoms with Crippen LogP contribution in [0.2, 0.25) is 0 Å². The molecule has 100 valence electrons. The van der Waals surface area contributed by atoms with E-state index in [4.69, 9.17) is 10.2 Å². The third-order valence-electron chi connectivity index (χ3n) is 2.77. The van der Waals surface area contributed by atoms with Crippen molar-refractivity contribution in [2.75, 3.05) is 5.32 Å². The van der Waals surface area contributed by atoms with Crippen molar-refractivity contribution in [1.82, 2.24) is 4.98 Å². The number of amides is 1. The fourth-order valence-corrected chi connectivity index (χ4v) is 1.71. The summed E-state index contributed by atoms with van der Waals surface area (Å²) >= 11 is 0. The SMILES string of the molecule is Cc1coc(NC(=O)C(N)CCc2ccccc2)n1. The molecule has 0 aliphatic heterocycles. The van der Waals surface area contributed by atoms with Crippen LogP contribution in [0.5, 0.6) is 0 Å². The summed E-state index contributed by atoms with van der Waals surface area (Å²) in [5.74, 6) is -0.280. The molecule has 0 fully saturated rings. The predicted octanol–water partition coefficient (Wildman–Crippen LogP) is 1.88. The Bertz CT molecular complexity index is 537. The van der Waals surface area contributed by atoms with Crippen molar-refractivity contribution in [1.29, 1.82) is 0 Å². The van der Waals surface area contributed by atoms with Gasteiger partial charge in [0.2, 0.25) is 5.91 Å². The zero-order valence-electron chi connectivity index (χ0n) is 10.8. The second kappa shape index (κ2) is 6.15. The Morgan fingerprint density at radius 1 is 1.42 bits per heavy atom. The van der Waals surface area contributed by atoms with Crippen LogP contribution < -0.4 is 11.1 Å². The Morgan fingerprint density at radius 3 is 2.79 bits per heavy atom. The smallest absolute Gasteiger partial charge is 0.301 e. The number of hydrogen-bond donors (Lipinski definition) is 2. The summed E-state index contributed by atoms with van der Waals surface area (Å²) in [5.41, 5.74) is 7.72. The van der Waals surface area contributed by atoms with Gasteiger partial charge in [-0.2, -0.15) is 4.98 Å². The first-order chi connectivity index (χ1) is 9.15. The molecule has 1 aromatic heterocycles. The Morgan fingerprint density at radius 2 is 2.16 bits per heavy atom. The second-order valence-electron chi connectivity index (χ2n) is 4.41. The molecule has 5 heteroatoms. The average Bonchev–Trinajstić information content (AvgIpc) is 2.82. The summed E-state index contributed by atoms with van der Waals surface area (Å²) < 4.78 is 5.05. The maximum absolute atomic E-state index is 11.8. The van der Waals surface area contributed by atoms with Gasteiger partial charge in [-0.15, -0.1) is 0 Å². The van der Waals surface area contributed by atoms with Crippen LogP contribution in [0.4, 0.5) is 6.01 Å². The molecule has 5 nitrogen and oxygen atoms in total. The number of rotatable bonds is 5. The highest BCUT2D eigenvalue weighted by Gasteiger charge is 2.15. The van der Waals surface area contributed by atoms with Gasteiger partial charge in [-0.25, -0.2) is 0 Å². The Balaban J connectivity index is 1.82. The largest absolute Gasteiger partial charge is 0.432 e. The van der Waals surface area contributed by atoms with Gasteiger partial charge in [-0.3, -0.25) is 10.1 Å². The minimum Gasteiger partial charge on any atom is -0.432 e. The number of carbonyl (C=O) groups is 1. The molecular formula is C14H17N3O2. The van der Waals surface area contributed by atoms with Crippen molar-refractivity contribution >= 4 is 11.9 Å². The van der Waals surface area contributed by atoms with Crippen molar-refractivity contribution in [3.05, 3.63) is 47.9 Å². The molecule has 0 saturated carbocycles. The minimum absolute atomic E-state index is 0.192. The number of benzene rings is 1. The van der Waals surface area contributed by atoms with Crippen LogP contribution >= 0.6 is 0 Å². The fraction of sp³-hybridized carbons (Fsp3) is 0.286. The molecule has 1 unspecified atom stereocenters. The normalized spacial score (nSPS) is 12.1. The zero-order valence-corrected chi connectivity index (χ0v) is 10.8. The first-order valence-corrected chi connectivity index (χ1v) is 6.17. The summed E-state index contributed by atoms with van der Waals surface area (Å²) in [4.78, 5) is 15.8. The third kappa shape index (κ3) is 3.93. The fourth-order valence-electron chi connectivity index (χ4n) is 1.71. The highest BCUT2D eigenvalue weighted by molar-refractivity contribution is 5.92. The summed E-state index contributed by atoms with van der Waals surface area (Å²) in [6.45, 7) is 1.79. The third-order valence-corrected chi connectivity index (χ3v) is 2.77. The average molecular weight is 259 g/mol. The molecule has 1 aromatic carbocycles. The number of nitrogens with two attached hydrogens (primary N) is 1. The lowest BCUT2D eigenvalue weighted by Crippen LogP contribution is -2.36. The monoisotopic (exact) mass is 259 g/mol. The van der Waals surface area contributed by atoms with Crippen molar-refractivity contribution in [3.63, 3.8) is 0 Å². The number of aromatic nitrogens is 1. The van der Waals surface area contributed by atoms with E-state index in [2.05, 4.69) is 10.3 Å². The van der Waals surface area contributed by atoms with E-state index in [1.165, 1.54) is 6.26 Å². The first kappa shape index (κ1) is 13.3. The van der Waals surface area contributed by atoms with E-state index >= 15 is 0 Å². The van der Waals surface area contributed by atoms with Gasteiger partial charge in [-0.05, 0) is 25.3 Å². The minimum atomic E-state index is -0.576. The van der Waals surface area contributed by atoms with Crippen molar-refractivity contribution in [2.45, 2.75) is 25.8 Å². The van der Waals surface area contributed by atoms with Crippen LogP contribution in [0.3, 0.4) is 0 Å². The standard InChI is InChI=1S/C14H17N3O2/c1-10-9-19-14(16-10)17-13(18)12(15)8-7-11-5-3-2-4-6-11/h2-6,9,12H,7-8,15H2,1H3,(H,16,17,18). The lowest BCUT2D eigenvalue weighted by atomic mass is 10.1. The summed E-state index contributed by atoms with van der Waals surface area (Å²) in [5, 5.41) is 2.56. The molecule has 1 heterocycles. The number of nitrogens with zero attached hydrogens (tertiary/aromatic N) is 1. The zero-order chi connectivity index (χ0) is 13.7. The van der Waals surface area contributed by atoms with E-state index in [1.807, 2.05) is 30.3 Å². The van der Waals surface area contributed by atoms with Crippen LogP contribution in [0, 0.1) is 6.92 Å². The van der Waals surface area contributed by atoms with Gasteiger partial charge < -0.3 is 10.2 Å². The number of carbonyl (C=O) groups excluding carboxylic acids is 1. The van der Waals surface area contributed by atoms with Gasteiger partial charge in [0, 0.05) is 0 Å². The molecule has 2 rings (SSSR count). The van der Waals surface area contributed by atoms with E-state index in [9.17, 15) is 4.79 Å². The van der Waals surface area contributed by atoms with Crippen molar-refractivity contribution in [2.24, 2.45) is 5.73 Å². The van der Waals surface area contributed by atoms with Crippen LogP contribution in [-0.4, -0.2) is 16.9 Å². The van der Waals surface area contributed by atoms with Gasteiger partial charge in [0.15, 0.2) is 0 Å². The molecular weight excluding hydrogens is 242 g/mol. The van der Waals surface area contributed by atoms with E-state index in [0.29, 0.717) is 12.1 Å². The summed E-state index contributed by atoms with van der Waals surface area (Å²) in [6, 6.07) is 9.54. The summed E-state index contributed by atoms with van der Waals surface area (Å²) in [7, 11) is 0. The Labute approximate surface area is 111 Å². The van der Waals surface area contributed by atoms with Gasteiger partial charge in [0.05, 0.1) is 11.7 Å². The van der Waals surface area contributed by atoms with E-state index in [-0.39, 0.29) is 11.9 Å². The van der Waals surface area contributed by atoms with E-state index < -0.39 is 6.04 Å². The molecule has 1 atom stereocenters. The van der Waals surface area contributed by atoms with Crippen LogP contribution in [0.1, 0.15) is 17.7 Å². The predicted molar refractivity (Wildman–Crippen MR) is 72.6 cm³/mol. The number of aryl methyl sites for hydroxylation is 2. The molecule has 3 N–H and O–H groups in total. The molecule has 0 aliphatic rings. The molecule has 0 aliphatic carbocycles. The number of anilines is 1. The summed E-state index contributed by atoms with van der Waals surface area (Å²) in [6.07, 6.45) is 2.82. The van der Waals surface area contributed by atoms with E-state index in [0.717, 1.165) is 12.0 Å². The highest BCUT2D eigenvalue weighted by Crippen LogP contribution is 2.08. The number of hydrogen-bond acceptors (Lipinski definition) is 4. The maximum atomic E-state index is 11.8. The Hall–Kier alpha value is -2.14. The van der Waals surface area contributed by atoms with Gasteiger partial charge >= 0.3 is 6.01 Å². The molecule has 0 saturated heterocycles. The lowest BCUT2D eigenvalue weighted by Gasteiger charge is -2.10. The second-order valence-corrected chi connectivity index (χ2v) is 4.41. The number of oxazole rings is 1. The lowest BCUT2D eigenvalue weighted by molar-refractivity contribution is -0.117. The molecule has 19 heavy (non-hydrogen) atoms. The van der Waals surface area contributed by atoms with Crippen molar-refractivity contribution in [3.8, 4) is 0 Å². The molecule has 0 spiro atoms. The van der Waals surface area contributed by atoms with Gasteiger partial charge in [0.25, 0.3) is 0 Å². The van der Waals surface area contributed by atoms with Gasteiger partial charge in [-0.1, -0.05) is 30.3 Å². The quantitative estimate of drug-likeness (QED) is 0.859. The van der Waals surface area contributed by atoms with E-state index in [1.54, 1.807) is 6.92 Å². The topological polar surface area (TPSA) is 81.2 Å². The van der Waals surface area contributed by atoms with Crippen LogP contribution in [0.25, 0.3) is 0 Å². The number of nitrogens with one attached hydrogen (secondary N) is 1. The molecule has 2 aromatic rings. The highest BCUT2D eigenvalue weighted by atomic mass is 16.4. The van der Waals surface area contributed by atoms with Crippen LogP contribution in [0.15, 0.2) is 41.0 Å².